The van der Waals surface area contributed by atoms with Crippen molar-refractivity contribution < 1.29 is 9.53 Å². The van der Waals surface area contributed by atoms with E-state index in [0.29, 0.717) is 31.2 Å². The summed E-state index contributed by atoms with van der Waals surface area (Å²) in [6.07, 6.45) is 0. The Morgan fingerprint density at radius 3 is 2.23 bits per heavy atom. The minimum Gasteiger partial charge on any atom is -0.497 e. The first-order valence-electron chi connectivity index (χ1n) is 8.13. The number of guanidine groups is 1. The van der Waals surface area contributed by atoms with Crippen molar-refractivity contribution in [1.82, 2.24) is 16.0 Å². The molecule has 2 aromatic carbocycles. The van der Waals surface area contributed by atoms with Gasteiger partial charge in [0, 0.05) is 32.2 Å². The van der Waals surface area contributed by atoms with Crippen LogP contribution in [0.3, 0.4) is 0 Å². The molecule has 140 valence electrons. The molecule has 26 heavy (non-hydrogen) atoms. The molecule has 0 atom stereocenters. The molecule has 0 bridgehead atoms. The number of methoxy groups -OCH3 is 1. The van der Waals surface area contributed by atoms with Gasteiger partial charge >= 0.3 is 0 Å². The Labute approximate surface area is 171 Å². The van der Waals surface area contributed by atoms with Gasteiger partial charge < -0.3 is 20.7 Å². The maximum absolute atomic E-state index is 12.0. The third-order valence-electron chi connectivity index (χ3n) is 3.58. The van der Waals surface area contributed by atoms with E-state index in [0.717, 1.165) is 5.75 Å². The average molecular weight is 468 g/mol. The fourth-order valence-electron chi connectivity index (χ4n) is 2.20. The zero-order valence-electron chi connectivity index (χ0n) is 15.0. The minimum atomic E-state index is -0.114. The van der Waals surface area contributed by atoms with Crippen molar-refractivity contribution in [3.05, 3.63) is 65.7 Å². The highest BCUT2D eigenvalue weighted by Crippen LogP contribution is 2.10. The van der Waals surface area contributed by atoms with Gasteiger partial charge in [0.05, 0.1) is 7.11 Å². The molecule has 3 N–H and O–H groups in total. The van der Waals surface area contributed by atoms with E-state index in [1.165, 1.54) is 5.56 Å². The number of benzene rings is 2. The number of carbonyl (C=O) groups is 1. The van der Waals surface area contributed by atoms with Crippen LogP contribution in [0.25, 0.3) is 0 Å². The van der Waals surface area contributed by atoms with Crippen LogP contribution in [0.15, 0.2) is 59.6 Å². The van der Waals surface area contributed by atoms with Crippen molar-refractivity contribution in [2.45, 2.75) is 6.54 Å². The molecule has 0 saturated carbocycles. The van der Waals surface area contributed by atoms with Crippen LogP contribution in [0.4, 0.5) is 0 Å². The van der Waals surface area contributed by atoms with E-state index >= 15 is 0 Å². The summed E-state index contributed by atoms with van der Waals surface area (Å²) in [4.78, 5) is 16.2. The predicted octanol–water partition coefficient (Wildman–Crippen LogP) is 2.41. The van der Waals surface area contributed by atoms with Crippen molar-refractivity contribution in [1.29, 1.82) is 0 Å². The molecule has 6 nitrogen and oxygen atoms in total. The number of rotatable bonds is 7. The molecule has 0 aromatic heterocycles. The highest BCUT2D eigenvalue weighted by Gasteiger charge is 2.05. The molecule has 0 aliphatic carbocycles. The highest BCUT2D eigenvalue weighted by molar-refractivity contribution is 14.0. The number of nitrogens with one attached hydrogen (secondary N) is 3. The number of carbonyl (C=O) groups excluding carboxylic acids is 1. The molecule has 0 unspecified atom stereocenters. The lowest BCUT2D eigenvalue weighted by Crippen LogP contribution is -2.41. The SMILES string of the molecule is CN=C(NCCNC(=O)c1ccc(OC)cc1)NCc1ccccc1.I. The quantitative estimate of drug-likeness (QED) is 0.253. The molecule has 0 fully saturated rings. The number of halogens is 1. The lowest BCUT2D eigenvalue weighted by atomic mass is 10.2. The third kappa shape index (κ3) is 7.30. The minimum absolute atomic E-state index is 0. The van der Waals surface area contributed by atoms with E-state index in [2.05, 4.69) is 33.1 Å². The number of ether oxygens (including phenoxy) is 1. The zero-order valence-corrected chi connectivity index (χ0v) is 17.3. The summed E-state index contributed by atoms with van der Waals surface area (Å²) < 4.78 is 5.08. The smallest absolute Gasteiger partial charge is 0.251 e. The molecule has 0 aliphatic heterocycles. The number of hydrogen-bond donors (Lipinski definition) is 3. The Morgan fingerprint density at radius 1 is 0.962 bits per heavy atom. The van der Waals surface area contributed by atoms with Gasteiger partial charge in [-0.3, -0.25) is 9.79 Å². The van der Waals surface area contributed by atoms with Crippen molar-refractivity contribution in [3.8, 4) is 5.75 Å². The van der Waals surface area contributed by atoms with Crippen LogP contribution in [0.2, 0.25) is 0 Å². The normalized spacial score (nSPS) is 10.5. The molecule has 1 amide bonds. The maximum Gasteiger partial charge on any atom is 0.251 e. The Hall–Kier alpha value is -2.29. The first-order valence-corrected chi connectivity index (χ1v) is 8.13. The van der Waals surface area contributed by atoms with Crippen molar-refractivity contribution >= 4 is 35.8 Å². The summed E-state index contributed by atoms with van der Waals surface area (Å²) in [6, 6.07) is 17.1. The summed E-state index contributed by atoms with van der Waals surface area (Å²) in [5, 5.41) is 9.26. The monoisotopic (exact) mass is 468 g/mol. The molecule has 2 aromatic rings. The highest BCUT2D eigenvalue weighted by atomic mass is 127. The maximum atomic E-state index is 12.0. The van der Waals surface area contributed by atoms with E-state index in [1.807, 2.05) is 18.2 Å². The molecular formula is C19H25IN4O2. The van der Waals surface area contributed by atoms with Gasteiger partial charge in [-0.25, -0.2) is 0 Å². The Kier molecular flexibility index (Phi) is 10.1. The van der Waals surface area contributed by atoms with Crippen molar-refractivity contribution in [3.63, 3.8) is 0 Å². The van der Waals surface area contributed by atoms with Crippen molar-refractivity contribution in [2.24, 2.45) is 4.99 Å². The second kappa shape index (κ2) is 12.1. The Morgan fingerprint density at radius 2 is 1.62 bits per heavy atom. The van der Waals surface area contributed by atoms with E-state index in [1.54, 1.807) is 38.4 Å². The molecule has 0 heterocycles. The van der Waals surface area contributed by atoms with E-state index in [9.17, 15) is 4.79 Å². The summed E-state index contributed by atoms with van der Waals surface area (Å²) in [5.41, 5.74) is 1.78. The summed E-state index contributed by atoms with van der Waals surface area (Å²) in [6.45, 7) is 1.77. The second-order valence-electron chi connectivity index (χ2n) is 5.32. The Bertz CT molecular complexity index is 690. The molecule has 2 rings (SSSR count). The van der Waals surface area contributed by atoms with Gasteiger partial charge in [0.15, 0.2) is 5.96 Å². The van der Waals surface area contributed by atoms with Crippen LogP contribution in [0, 0.1) is 0 Å². The zero-order chi connectivity index (χ0) is 17.9. The van der Waals surface area contributed by atoms with Gasteiger partial charge in [-0.2, -0.15) is 0 Å². The predicted molar refractivity (Wildman–Crippen MR) is 115 cm³/mol. The molecule has 0 aliphatic rings. The summed E-state index contributed by atoms with van der Waals surface area (Å²) in [5.74, 6) is 1.31. The fraction of sp³-hybridized carbons (Fsp3) is 0.263. The van der Waals surface area contributed by atoms with E-state index < -0.39 is 0 Å². The number of nitrogens with zero attached hydrogens (tertiary/aromatic N) is 1. The average Bonchev–Trinajstić information content (AvgIpc) is 2.68. The largest absolute Gasteiger partial charge is 0.497 e. The van der Waals surface area contributed by atoms with Crippen LogP contribution in [-0.4, -0.2) is 39.1 Å². The van der Waals surface area contributed by atoms with Crippen LogP contribution in [0.5, 0.6) is 5.75 Å². The lowest BCUT2D eigenvalue weighted by Gasteiger charge is -2.12. The summed E-state index contributed by atoms with van der Waals surface area (Å²) >= 11 is 0. The molecule has 0 radical (unpaired) electrons. The van der Waals surface area contributed by atoms with Gasteiger partial charge in [0.2, 0.25) is 0 Å². The Balaban J connectivity index is 0.00000338. The fourth-order valence-corrected chi connectivity index (χ4v) is 2.20. The van der Waals surface area contributed by atoms with Crippen LogP contribution >= 0.6 is 24.0 Å². The molecule has 0 spiro atoms. The standard InChI is InChI=1S/C19H24N4O2.HI/c1-20-19(23-14-15-6-4-3-5-7-15)22-13-12-21-18(24)16-8-10-17(25-2)11-9-16;/h3-11H,12-14H2,1-2H3,(H,21,24)(H2,20,22,23);1H. The van der Waals surface area contributed by atoms with Crippen LogP contribution in [0.1, 0.15) is 15.9 Å². The van der Waals surface area contributed by atoms with Crippen LogP contribution in [-0.2, 0) is 6.54 Å². The van der Waals surface area contributed by atoms with Gasteiger partial charge in [0.1, 0.15) is 5.75 Å². The molecular weight excluding hydrogens is 443 g/mol. The summed E-state index contributed by atoms with van der Waals surface area (Å²) in [7, 11) is 3.32. The molecule has 0 saturated heterocycles. The van der Waals surface area contributed by atoms with Gasteiger partial charge in [-0.05, 0) is 29.8 Å². The lowest BCUT2D eigenvalue weighted by molar-refractivity contribution is 0.0954. The first kappa shape index (κ1) is 21.8. The number of amides is 1. The number of hydrogen-bond acceptors (Lipinski definition) is 3. The van der Waals surface area contributed by atoms with E-state index in [4.69, 9.17) is 4.74 Å². The van der Waals surface area contributed by atoms with Gasteiger partial charge in [-0.1, -0.05) is 30.3 Å². The van der Waals surface area contributed by atoms with E-state index in [-0.39, 0.29) is 29.9 Å². The third-order valence-corrected chi connectivity index (χ3v) is 3.58. The topological polar surface area (TPSA) is 74.8 Å². The van der Waals surface area contributed by atoms with Gasteiger partial charge in [-0.15, -0.1) is 24.0 Å². The first-order chi connectivity index (χ1) is 12.2. The second-order valence-corrected chi connectivity index (χ2v) is 5.32. The van der Waals surface area contributed by atoms with Crippen molar-refractivity contribution in [2.75, 3.05) is 27.2 Å². The number of aliphatic imine (C=N–C) groups is 1. The van der Waals surface area contributed by atoms with Crippen LogP contribution < -0.4 is 20.7 Å². The van der Waals surface area contributed by atoms with Gasteiger partial charge in [0.25, 0.3) is 5.91 Å². The molecule has 7 heteroatoms.